The number of carbonyl (C=O) groups excluding carboxylic acids is 1. The third kappa shape index (κ3) is 4.55. The molecule has 2 aromatic heterocycles. The Hall–Kier alpha value is -2.99. The zero-order valence-electron chi connectivity index (χ0n) is 14.3. The zero-order chi connectivity index (χ0) is 18.4. The van der Waals surface area contributed by atoms with Crippen molar-refractivity contribution in [3.05, 3.63) is 77.5 Å². The molecular weight excluding hydrogens is 350 g/mol. The van der Waals surface area contributed by atoms with Crippen molar-refractivity contribution in [3.8, 4) is 0 Å². The smallest absolute Gasteiger partial charge is 0.274 e. The zero-order valence-corrected chi connectivity index (χ0v) is 15.0. The van der Waals surface area contributed by atoms with Gasteiger partial charge in [-0.15, -0.1) is 0 Å². The minimum absolute atomic E-state index is 0.283. The number of nitrogens with zero attached hydrogens (tertiary/aromatic N) is 4. The van der Waals surface area contributed by atoms with Crippen LogP contribution in [0.4, 0.5) is 11.5 Å². The Morgan fingerprint density at radius 2 is 1.92 bits per heavy atom. The largest absolute Gasteiger partial charge is 0.359 e. The molecule has 0 bridgehead atoms. The minimum Gasteiger partial charge on any atom is -0.359 e. The van der Waals surface area contributed by atoms with E-state index in [1.807, 2.05) is 24.1 Å². The van der Waals surface area contributed by atoms with Gasteiger partial charge in [0.1, 0.15) is 17.8 Å². The van der Waals surface area contributed by atoms with Crippen LogP contribution in [0.2, 0.25) is 5.02 Å². The molecule has 2 heterocycles. The maximum Gasteiger partial charge on any atom is 0.274 e. The summed E-state index contributed by atoms with van der Waals surface area (Å²) in [5.74, 6) is 0.350. The van der Waals surface area contributed by atoms with Crippen molar-refractivity contribution in [2.75, 3.05) is 23.8 Å². The summed E-state index contributed by atoms with van der Waals surface area (Å²) in [6, 6.07) is 12.7. The summed E-state index contributed by atoms with van der Waals surface area (Å²) in [6.07, 6.45) is 5.79. The normalized spacial score (nSPS) is 10.4. The maximum absolute atomic E-state index is 12.4. The predicted molar refractivity (Wildman–Crippen MR) is 103 cm³/mol. The van der Waals surface area contributed by atoms with Crippen LogP contribution in [0.5, 0.6) is 0 Å². The SMILES string of the molecule is CN(CCc1ccncc1)c1cc(C(=O)Nc2ccccc2Cl)ncn1. The number of benzene rings is 1. The van der Waals surface area contributed by atoms with Crippen molar-refractivity contribution in [3.63, 3.8) is 0 Å². The fraction of sp³-hybridized carbons (Fsp3) is 0.158. The van der Waals surface area contributed by atoms with Gasteiger partial charge in [-0.25, -0.2) is 9.97 Å². The minimum atomic E-state index is -0.329. The summed E-state index contributed by atoms with van der Waals surface area (Å²) in [5.41, 5.74) is 2.02. The van der Waals surface area contributed by atoms with E-state index >= 15 is 0 Å². The summed E-state index contributed by atoms with van der Waals surface area (Å²) < 4.78 is 0. The molecule has 0 saturated heterocycles. The first kappa shape index (κ1) is 17.8. The van der Waals surface area contributed by atoms with Crippen LogP contribution < -0.4 is 10.2 Å². The number of nitrogens with one attached hydrogen (secondary N) is 1. The van der Waals surface area contributed by atoms with Crippen LogP contribution in [0.1, 0.15) is 16.1 Å². The first-order valence-electron chi connectivity index (χ1n) is 8.11. The summed E-state index contributed by atoms with van der Waals surface area (Å²) >= 11 is 6.08. The number of rotatable bonds is 6. The molecule has 3 aromatic rings. The third-order valence-electron chi connectivity index (χ3n) is 3.88. The number of pyridine rings is 1. The van der Waals surface area contributed by atoms with Crippen LogP contribution in [0.25, 0.3) is 0 Å². The second-order valence-corrected chi connectivity index (χ2v) is 6.13. The standard InChI is InChI=1S/C19H18ClN5O/c1-25(11-8-14-6-9-21-10-7-14)18-12-17(22-13-23-18)19(26)24-16-5-3-2-4-15(16)20/h2-7,9-10,12-13H,8,11H2,1H3,(H,24,26). The number of hydrogen-bond donors (Lipinski definition) is 1. The Morgan fingerprint density at radius 3 is 2.69 bits per heavy atom. The van der Waals surface area contributed by atoms with Gasteiger partial charge in [0, 0.05) is 32.1 Å². The Bertz CT molecular complexity index is 888. The van der Waals surface area contributed by atoms with Gasteiger partial charge in [-0.2, -0.15) is 0 Å². The average molecular weight is 368 g/mol. The fourth-order valence-electron chi connectivity index (χ4n) is 2.39. The molecule has 0 fully saturated rings. The lowest BCUT2D eigenvalue weighted by Gasteiger charge is -2.18. The Balaban J connectivity index is 1.67. The van der Waals surface area contributed by atoms with Gasteiger partial charge in [0.2, 0.25) is 0 Å². The van der Waals surface area contributed by atoms with Crippen LogP contribution >= 0.6 is 11.6 Å². The topological polar surface area (TPSA) is 71.0 Å². The maximum atomic E-state index is 12.4. The van der Waals surface area contributed by atoms with E-state index in [4.69, 9.17) is 11.6 Å². The van der Waals surface area contributed by atoms with Crippen LogP contribution in [0.15, 0.2) is 61.2 Å². The molecule has 0 spiro atoms. The number of carbonyl (C=O) groups is 1. The van der Waals surface area contributed by atoms with E-state index in [9.17, 15) is 4.79 Å². The van der Waals surface area contributed by atoms with Gasteiger partial charge in [-0.1, -0.05) is 23.7 Å². The van der Waals surface area contributed by atoms with Gasteiger partial charge in [-0.3, -0.25) is 9.78 Å². The number of amides is 1. The number of para-hydroxylation sites is 1. The molecule has 0 radical (unpaired) electrons. The second kappa shape index (κ2) is 8.40. The van der Waals surface area contributed by atoms with Crippen molar-refractivity contribution in [1.82, 2.24) is 15.0 Å². The lowest BCUT2D eigenvalue weighted by Crippen LogP contribution is -2.23. The number of aromatic nitrogens is 3. The van der Waals surface area contributed by atoms with Crippen LogP contribution in [0, 0.1) is 0 Å². The average Bonchev–Trinajstić information content (AvgIpc) is 2.69. The summed E-state index contributed by atoms with van der Waals surface area (Å²) in [6.45, 7) is 0.757. The molecule has 0 aliphatic rings. The highest BCUT2D eigenvalue weighted by atomic mass is 35.5. The Labute approximate surface area is 156 Å². The molecule has 0 saturated carbocycles. The highest BCUT2D eigenvalue weighted by molar-refractivity contribution is 6.33. The van der Waals surface area contributed by atoms with Gasteiger partial charge >= 0.3 is 0 Å². The summed E-state index contributed by atoms with van der Waals surface area (Å²) in [4.78, 5) is 26.7. The number of anilines is 2. The highest BCUT2D eigenvalue weighted by Crippen LogP contribution is 2.21. The highest BCUT2D eigenvalue weighted by Gasteiger charge is 2.12. The van der Waals surface area contributed by atoms with Crippen molar-refractivity contribution in [2.45, 2.75) is 6.42 Å². The van der Waals surface area contributed by atoms with Gasteiger partial charge < -0.3 is 10.2 Å². The Morgan fingerprint density at radius 1 is 1.15 bits per heavy atom. The predicted octanol–water partition coefficient (Wildman–Crippen LogP) is 3.46. The molecule has 0 unspecified atom stereocenters. The molecule has 3 rings (SSSR count). The molecule has 7 heteroatoms. The van der Waals surface area contributed by atoms with Crippen molar-refractivity contribution in [1.29, 1.82) is 0 Å². The van der Waals surface area contributed by atoms with E-state index in [0.29, 0.717) is 16.5 Å². The van der Waals surface area contributed by atoms with Crippen LogP contribution in [-0.2, 0) is 6.42 Å². The molecule has 0 atom stereocenters. The Kier molecular flexibility index (Phi) is 5.76. The molecule has 1 amide bonds. The second-order valence-electron chi connectivity index (χ2n) is 5.72. The molecule has 132 valence electrons. The molecular formula is C19H18ClN5O. The first-order valence-corrected chi connectivity index (χ1v) is 8.49. The molecule has 6 nitrogen and oxygen atoms in total. The first-order chi connectivity index (χ1) is 12.6. The van der Waals surface area contributed by atoms with Crippen molar-refractivity contribution >= 4 is 29.0 Å². The third-order valence-corrected chi connectivity index (χ3v) is 4.21. The number of halogens is 1. The monoisotopic (exact) mass is 367 g/mol. The molecule has 0 aliphatic heterocycles. The van der Waals surface area contributed by atoms with E-state index in [1.54, 1.807) is 42.7 Å². The molecule has 1 aromatic carbocycles. The van der Waals surface area contributed by atoms with E-state index < -0.39 is 0 Å². The van der Waals surface area contributed by atoms with Gasteiger partial charge in [0.05, 0.1) is 10.7 Å². The van der Waals surface area contributed by atoms with Crippen molar-refractivity contribution < 1.29 is 4.79 Å². The quantitative estimate of drug-likeness (QED) is 0.722. The van der Waals surface area contributed by atoms with Crippen molar-refractivity contribution in [2.24, 2.45) is 0 Å². The fourth-order valence-corrected chi connectivity index (χ4v) is 2.57. The van der Waals surface area contributed by atoms with E-state index in [1.165, 1.54) is 11.9 Å². The van der Waals surface area contributed by atoms with Crippen LogP contribution in [-0.4, -0.2) is 34.5 Å². The van der Waals surface area contributed by atoms with E-state index in [0.717, 1.165) is 13.0 Å². The van der Waals surface area contributed by atoms with Gasteiger partial charge in [-0.05, 0) is 36.2 Å². The number of likely N-dealkylation sites (N-methyl/N-ethyl adjacent to an activating group) is 1. The van der Waals surface area contributed by atoms with Gasteiger partial charge in [0.25, 0.3) is 5.91 Å². The van der Waals surface area contributed by atoms with E-state index in [2.05, 4.69) is 20.3 Å². The summed E-state index contributed by atoms with van der Waals surface area (Å²) in [7, 11) is 1.93. The lowest BCUT2D eigenvalue weighted by molar-refractivity contribution is 0.102. The van der Waals surface area contributed by atoms with Crippen LogP contribution in [0.3, 0.4) is 0 Å². The number of hydrogen-bond acceptors (Lipinski definition) is 5. The summed E-state index contributed by atoms with van der Waals surface area (Å²) in [5, 5.41) is 3.24. The van der Waals surface area contributed by atoms with Gasteiger partial charge in [0.15, 0.2) is 0 Å². The molecule has 26 heavy (non-hydrogen) atoms. The lowest BCUT2D eigenvalue weighted by atomic mass is 10.2. The van der Waals surface area contributed by atoms with E-state index in [-0.39, 0.29) is 11.6 Å². The molecule has 0 aliphatic carbocycles. The molecule has 1 N–H and O–H groups in total.